The van der Waals surface area contributed by atoms with E-state index in [9.17, 15) is 9.65 Å². The van der Waals surface area contributed by atoms with Gasteiger partial charge in [0.25, 0.3) is 0 Å². The molecule has 0 spiro atoms. The molecule has 0 saturated heterocycles. The fraction of sp³-hybridized carbons (Fsp3) is 0.133. The molecule has 0 saturated carbocycles. The fourth-order valence-electron chi connectivity index (χ4n) is 1.96. The summed E-state index contributed by atoms with van der Waals surface area (Å²) >= 11 is 11.9. The molecule has 2 rings (SSSR count). The summed E-state index contributed by atoms with van der Waals surface area (Å²) in [5.74, 6) is -1.09. The molecule has 0 N–H and O–H groups in total. The normalized spacial score (nSPS) is 11.9. The predicted octanol–water partition coefficient (Wildman–Crippen LogP) is 4.98. The van der Waals surface area contributed by atoms with Crippen LogP contribution in [0.3, 0.4) is 0 Å². The summed E-state index contributed by atoms with van der Waals surface area (Å²) in [6, 6.07) is 13.7. The molecule has 0 aliphatic rings. The van der Waals surface area contributed by atoms with Gasteiger partial charge in [0.15, 0.2) is 0 Å². The van der Waals surface area contributed by atoms with Crippen LogP contribution in [0.15, 0.2) is 42.5 Å². The lowest BCUT2D eigenvalue weighted by molar-refractivity contribution is 0.600. The first-order valence-corrected chi connectivity index (χ1v) is 6.45. The Bertz CT molecular complexity index is 614. The van der Waals surface area contributed by atoms with Gasteiger partial charge in [-0.1, -0.05) is 41.4 Å². The van der Waals surface area contributed by atoms with E-state index in [1.165, 1.54) is 12.1 Å². The van der Waals surface area contributed by atoms with Gasteiger partial charge in [0.2, 0.25) is 0 Å². The highest BCUT2D eigenvalue weighted by molar-refractivity contribution is 6.31. The predicted molar refractivity (Wildman–Crippen MR) is 74.9 cm³/mol. The number of halogens is 3. The highest BCUT2D eigenvalue weighted by atomic mass is 35.5. The molecule has 1 nitrogen and oxygen atoms in total. The molecular weight excluding hydrogens is 284 g/mol. The maximum atomic E-state index is 13.8. The minimum atomic E-state index is -0.632. The largest absolute Gasteiger partial charge is 0.207 e. The highest BCUT2D eigenvalue weighted by Crippen LogP contribution is 2.30. The van der Waals surface area contributed by atoms with Gasteiger partial charge in [0.1, 0.15) is 5.82 Å². The van der Waals surface area contributed by atoms with E-state index in [1.807, 2.05) is 6.07 Å². The van der Waals surface area contributed by atoms with Crippen LogP contribution in [0.5, 0.6) is 0 Å². The second-order valence-corrected chi connectivity index (χ2v) is 4.99. The molecule has 2 aromatic rings. The van der Waals surface area contributed by atoms with Gasteiger partial charge in [0.05, 0.1) is 12.0 Å². The van der Waals surface area contributed by atoms with Gasteiger partial charge in [-0.2, -0.15) is 5.26 Å². The van der Waals surface area contributed by atoms with Crippen molar-refractivity contribution in [1.29, 1.82) is 5.26 Å². The number of nitriles is 1. The summed E-state index contributed by atoms with van der Waals surface area (Å²) in [6.45, 7) is 0. The van der Waals surface area contributed by atoms with Gasteiger partial charge in [-0.05, 0) is 36.2 Å². The average Bonchev–Trinajstić information content (AvgIpc) is 2.37. The molecule has 0 aromatic heterocycles. The lowest BCUT2D eigenvalue weighted by Crippen LogP contribution is -2.04. The lowest BCUT2D eigenvalue weighted by atomic mass is 9.93. The van der Waals surface area contributed by atoms with Crippen LogP contribution in [-0.4, -0.2) is 0 Å². The third kappa shape index (κ3) is 3.26. The lowest BCUT2D eigenvalue weighted by Gasteiger charge is -2.12. The second-order valence-electron chi connectivity index (χ2n) is 4.15. The zero-order chi connectivity index (χ0) is 13.8. The van der Waals surface area contributed by atoms with Gasteiger partial charge in [0, 0.05) is 15.6 Å². The van der Waals surface area contributed by atoms with E-state index in [-0.39, 0.29) is 10.6 Å². The Labute approximate surface area is 121 Å². The van der Waals surface area contributed by atoms with Crippen molar-refractivity contribution in [2.24, 2.45) is 0 Å². The molecule has 2 aromatic carbocycles. The number of hydrogen-bond donors (Lipinski definition) is 0. The summed E-state index contributed by atoms with van der Waals surface area (Å²) in [5.41, 5.74) is 1.12. The second kappa shape index (κ2) is 6.06. The van der Waals surface area contributed by atoms with Gasteiger partial charge in [-0.15, -0.1) is 0 Å². The molecule has 96 valence electrons. The Morgan fingerprint density at radius 3 is 2.53 bits per heavy atom. The van der Waals surface area contributed by atoms with Crippen molar-refractivity contribution in [2.45, 2.75) is 12.3 Å². The van der Waals surface area contributed by atoms with E-state index < -0.39 is 11.7 Å². The van der Waals surface area contributed by atoms with Crippen molar-refractivity contribution < 1.29 is 4.39 Å². The average molecular weight is 294 g/mol. The van der Waals surface area contributed by atoms with Gasteiger partial charge >= 0.3 is 0 Å². The Kier molecular flexibility index (Phi) is 4.42. The first-order valence-electron chi connectivity index (χ1n) is 5.70. The quantitative estimate of drug-likeness (QED) is 0.783. The summed E-state index contributed by atoms with van der Waals surface area (Å²) in [7, 11) is 0. The Morgan fingerprint density at radius 2 is 1.89 bits per heavy atom. The first kappa shape index (κ1) is 13.9. The summed E-state index contributed by atoms with van der Waals surface area (Å²) < 4.78 is 13.8. The van der Waals surface area contributed by atoms with Crippen molar-refractivity contribution in [2.75, 3.05) is 0 Å². The third-order valence-corrected chi connectivity index (χ3v) is 3.40. The zero-order valence-electron chi connectivity index (χ0n) is 9.91. The van der Waals surface area contributed by atoms with Crippen LogP contribution in [-0.2, 0) is 6.42 Å². The van der Waals surface area contributed by atoms with E-state index in [2.05, 4.69) is 6.07 Å². The monoisotopic (exact) mass is 293 g/mol. The Hall–Kier alpha value is -1.56. The van der Waals surface area contributed by atoms with Gasteiger partial charge < -0.3 is 0 Å². The maximum Gasteiger partial charge on any atom is 0.129 e. The van der Waals surface area contributed by atoms with Crippen LogP contribution in [0.2, 0.25) is 10.0 Å². The fourth-order valence-corrected chi connectivity index (χ4v) is 2.46. The molecule has 0 aliphatic carbocycles. The van der Waals surface area contributed by atoms with E-state index in [1.54, 1.807) is 24.3 Å². The number of hydrogen-bond acceptors (Lipinski definition) is 1. The van der Waals surface area contributed by atoms with Crippen molar-refractivity contribution in [3.63, 3.8) is 0 Å². The first-order chi connectivity index (χ1) is 9.11. The smallest absolute Gasteiger partial charge is 0.129 e. The molecule has 19 heavy (non-hydrogen) atoms. The van der Waals surface area contributed by atoms with Crippen molar-refractivity contribution >= 4 is 23.2 Å². The van der Waals surface area contributed by atoms with Gasteiger partial charge in [-0.25, -0.2) is 4.39 Å². The highest BCUT2D eigenvalue weighted by Gasteiger charge is 2.19. The summed E-state index contributed by atoms with van der Waals surface area (Å²) in [4.78, 5) is 0. The minimum absolute atomic E-state index is 0.242. The van der Waals surface area contributed by atoms with Crippen molar-refractivity contribution in [3.05, 3.63) is 69.5 Å². The molecule has 0 bridgehead atoms. The Balaban J connectivity index is 2.34. The molecule has 0 fully saturated rings. The van der Waals surface area contributed by atoms with E-state index in [4.69, 9.17) is 23.2 Å². The SMILES string of the molecule is N#CC(Cc1cccc(Cl)c1)c1c(F)cccc1Cl. The van der Waals surface area contributed by atoms with Crippen LogP contribution in [0, 0.1) is 17.1 Å². The molecule has 0 heterocycles. The summed E-state index contributed by atoms with van der Waals surface area (Å²) in [6.07, 6.45) is 0.373. The van der Waals surface area contributed by atoms with Crippen LogP contribution >= 0.6 is 23.2 Å². The Morgan fingerprint density at radius 1 is 1.16 bits per heavy atom. The van der Waals surface area contributed by atoms with Crippen molar-refractivity contribution in [1.82, 2.24) is 0 Å². The van der Waals surface area contributed by atoms with Crippen LogP contribution in [0.25, 0.3) is 0 Å². The van der Waals surface area contributed by atoms with Gasteiger partial charge in [-0.3, -0.25) is 0 Å². The van der Waals surface area contributed by atoms with E-state index in [0.29, 0.717) is 11.4 Å². The van der Waals surface area contributed by atoms with Crippen LogP contribution < -0.4 is 0 Å². The topological polar surface area (TPSA) is 23.8 Å². The molecule has 1 unspecified atom stereocenters. The molecule has 0 amide bonds. The summed E-state index contributed by atoms with van der Waals surface area (Å²) in [5, 5.41) is 10.1. The van der Waals surface area contributed by atoms with Crippen LogP contribution in [0.4, 0.5) is 4.39 Å². The number of rotatable bonds is 3. The van der Waals surface area contributed by atoms with Crippen molar-refractivity contribution in [3.8, 4) is 6.07 Å². The van der Waals surface area contributed by atoms with E-state index in [0.717, 1.165) is 5.56 Å². The molecular formula is C15H10Cl2FN. The minimum Gasteiger partial charge on any atom is -0.207 e. The molecule has 0 radical (unpaired) electrons. The standard InChI is InChI=1S/C15H10Cl2FN/c16-12-4-1-3-10(8-12)7-11(9-19)15-13(17)5-2-6-14(15)18/h1-6,8,11H,7H2. The number of nitrogens with zero attached hydrogens (tertiary/aromatic N) is 1. The zero-order valence-corrected chi connectivity index (χ0v) is 11.4. The van der Waals surface area contributed by atoms with Crippen LogP contribution in [0.1, 0.15) is 17.0 Å². The molecule has 4 heteroatoms. The molecule has 0 aliphatic heterocycles. The number of benzene rings is 2. The van der Waals surface area contributed by atoms with E-state index >= 15 is 0 Å². The third-order valence-electron chi connectivity index (χ3n) is 2.83. The molecule has 1 atom stereocenters. The maximum absolute atomic E-state index is 13.8.